The largest absolute Gasteiger partial charge is 0.398 e. The fourth-order valence-corrected chi connectivity index (χ4v) is 4.18. The second-order valence-electron chi connectivity index (χ2n) is 4.17. The van der Waals surface area contributed by atoms with Crippen molar-refractivity contribution >= 4 is 43.0 Å². The molecule has 1 aromatic heterocycles. The van der Waals surface area contributed by atoms with E-state index in [0.717, 1.165) is 20.8 Å². The van der Waals surface area contributed by atoms with Gasteiger partial charge in [0.25, 0.3) is 0 Å². The normalized spacial score (nSPS) is 11.8. The summed E-state index contributed by atoms with van der Waals surface area (Å²) in [6, 6.07) is 5.86. The summed E-state index contributed by atoms with van der Waals surface area (Å²) in [5.74, 6) is -0.809. The zero-order valence-electron chi connectivity index (χ0n) is 10.5. The first-order chi connectivity index (χ1) is 9.29. The molecule has 0 aliphatic heterocycles. The predicted octanol–water partition coefficient (Wildman–Crippen LogP) is 3.02. The number of nitrogens with two attached hydrogens (primary N) is 1. The van der Waals surface area contributed by atoms with Gasteiger partial charge < -0.3 is 5.73 Å². The Kier molecular flexibility index (Phi) is 4.48. The Morgan fingerprint density at radius 3 is 2.70 bits per heavy atom. The summed E-state index contributed by atoms with van der Waals surface area (Å²) in [7, 11) is -3.93. The van der Waals surface area contributed by atoms with E-state index >= 15 is 0 Å². The number of thiophene rings is 1. The lowest BCUT2D eigenvalue weighted by atomic mass is 10.2. The third-order valence-corrected chi connectivity index (χ3v) is 5.72. The van der Waals surface area contributed by atoms with E-state index in [1.165, 1.54) is 11.3 Å². The van der Waals surface area contributed by atoms with Gasteiger partial charge in [0.1, 0.15) is 10.7 Å². The van der Waals surface area contributed by atoms with Crippen molar-refractivity contribution in [2.75, 3.05) is 5.73 Å². The lowest BCUT2D eigenvalue weighted by molar-refractivity contribution is 0.557. The van der Waals surface area contributed by atoms with Gasteiger partial charge in [0, 0.05) is 17.1 Å². The predicted molar refractivity (Wildman–Crippen MR) is 81.6 cm³/mol. The molecule has 1 heterocycles. The van der Waals surface area contributed by atoms with Crippen molar-refractivity contribution in [1.82, 2.24) is 4.72 Å². The van der Waals surface area contributed by atoms with E-state index in [4.69, 9.17) is 5.73 Å². The number of sulfonamides is 1. The number of halogens is 2. The molecule has 2 rings (SSSR count). The minimum atomic E-state index is -3.93. The lowest BCUT2D eigenvalue weighted by Gasteiger charge is -2.09. The summed E-state index contributed by atoms with van der Waals surface area (Å²) in [6.45, 7) is 1.72. The Morgan fingerprint density at radius 1 is 1.40 bits per heavy atom. The summed E-state index contributed by atoms with van der Waals surface area (Å²) in [4.78, 5) is 0.386. The van der Waals surface area contributed by atoms with Crippen LogP contribution in [0, 0.1) is 12.7 Å². The molecule has 2 aromatic rings. The van der Waals surface area contributed by atoms with Crippen LogP contribution in [0.25, 0.3) is 0 Å². The van der Waals surface area contributed by atoms with Gasteiger partial charge in [0.15, 0.2) is 0 Å². The number of benzene rings is 1. The van der Waals surface area contributed by atoms with Crippen molar-refractivity contribution in [1.29, 1.82) is 0 Å². The van der Waals surface area contributed by atoms with Crippen molar-refractivity contribution in [2.45, 2.75) is 18.4 Å². The molecule has 1 aromatic carbocycles. The maximum absolute atomic E-state index is 13.8. The molecule has 108 valence electrons. The van der Waals surface area contributed by atoms with Crippen LogP contribution in [0.4, 0.5) is 10.1 Å². The van der Waals surface area contributed by atoms with Crippen LogP contribution in [0.15, 0.2) is 32.9 Å². The Hall–Kier alpha value is -0.960. The van der Waals surface area contributed by atoms with E-state index in [0.29, 0.717) is 5.56 Å². The fourth-order valence-electron chi connectivity index (χ4n) is 1.57. The minimum Gasteiger partial charge on any atom is -0.398 e. The second kappa shape index (κ2) is 5.80. The van der Waals surface area contributed by atoms with Gasteiger partial charge in [0.05, 0.1) is 3.79 Å². The Balaban J connectivity index is 2.24. The van der Waals surface area contributed by atoms with Gasteiger partial charge in [-0.05, 0) is 52.7 Å². The Morgan fingerprint density at radius 2 is 2.10 bits per heavy atom. The van der Waals surface area contributed by atoms with Gasteiger partial charge in [-0.2, -0.15) is 0 Å². The first-order valence-electron chi connectivity index (χ1n) is 5.59. The second-order valence-corrected chi connectivity index (χ2v) is 8.45. The maximum Gasteiger partial charge on any atom is 0.243 e. The molecule has 0 amide bonds. The molecule has 0 saturated heterocycles. The van der Waals surface area contributed by atoms with E-state index in [-0.39, 0.29) is 12.2 Å². The number of aryl methyl sites for hydroxylation is 1. The SMILES string of the molecule is Cc1cc(F)c(S(=O)(=O)NCc2ccc(Br)s2)cc1N. The van der Waals surface area contributed by atoms with Crippen molar-refractivity contribution in [3.63, 3.8) is 0 Å². The molecule has 3 N–H and O–H groups in total. The highest BCUT2D eigenvalue weighted by Gasteiger charge is 2.20. The van der Waals surface area contributed by atoms with Gasteiger partial charge in [-0.1, -0.05) is 0 Å². The van der Waals surface area contributed by atoms with Gasteiger partial charge >= 0.3 is 0 Å². The van der Waals surface area contributed by atoms with Crippen molar-refractivity contribution < 1.29 is 12.8 Å². The molecule has 0 unspecified atom stereocenters. The fraction of sp³-hybridized carbons (Fsp3) is 0.167. The molecule has 20 heavy (non-hydrogen) atoms. The molecule has 0 aliphatic rings. The average molecular weight is 379 g/mol. The van der Waals surface area contributed by atoms with Gasteiger partial charge in [-0.25, -0.2) is 17.5 Å². The zero-order valence-corrected chi connectivity index (χ0v) is 13.7. The summed E-state index contributed by atoms with van der Waals surface area (Å²) in [5, 5.41) is 0. The molecule has 8 heteroatoms. The van der Waals surface area contributed by atoms with Crippen LogP contribution in [-0.2, 0) is 16.6 Å². The molecule has 0 fully saturated rings. The molecule has 0 radical (unpaired) electrons. The smallest absolute Gasteiger partial charge is 0.243 e. The number of anilines is 1. The number of nitrogens with one attached hydrogen (secondary N) is 1. The van der Waals surface area contributed by atoms with Crippen molar-refractivity contribution in [2.24, 2.45) is 0 Å². The first kappa shape index (κ1) is 15.4. The van der Waals surface area contributed by atoms with Crippen LogP contribution in [0.1, 0.15) is 10.4 Å². The zero-order chi connectivity index (χ0) is 14.9. The third kappa shape index (κ3) is 3.38. The van der Waals surface area contributed by atoms with Gasteiger partial charge in [-0.15, -0.1) is 11.3 Å². The van der Waals surface area contributed by atoms with E-state index < -0.39 is 20.7 Å². The van der Waals surface area contributed by atoms with Crippen LogP contribution in [0.3, 0.4) is 0 Å². The van der Waals surface area contributed by atoms with Gasteiger partial charge in [0.2, 0.25) is 10.0 Å². The molecule has 0 aliphatic carbocycles. The number of hydrogen-bond donors (Lipinski definition) is 2. The first-order valence-corrected chi connectivity index (χ1v) is 8.68. The van der Waals surface area contributed by atoms with Crippen LogP contribution in [0.2, 0.25) is 0 Å². The summed E-state index contributed by atoms with van der Waals surface area (Å²) in [6.07, 6.45) is 0. The number of hydrogen-bond acceptors (Lipinski definition) is 4. The van der Waals surface area contributed by atoms with Crippen molar-refractivity contribution in [3.8, 4) is 0 Å². The van der Waals surface area contributed by atoms with Gasteiger partial charge in [-0.3, -0.25) is 0 Å². The maximum atomic E-state index is 13.8. The molecule has 0 saturated carbocycles. The quantitative estimate of drug-likeness (QED) is 0.803. The molecule has 0 bridgehead atoms. The van der Waals surface area contributed by atoms with E-state index in [2.05, 4.69) is 20.7 Å². The van der Waals surface area contributed by atoms with E-state index in [1.54, 1.807) is 13.0 Å². The topological polar surface area (TPSA) is 72.2 Å². The van der Waals surface area contributed by atoms with Crippen LogP contribution >= 0.6 is 27.3 Å². The highest BCUT2D eigenvalue weighted by Crippen LogP contribution is 2.24. The minimum absolute atomic E-state index is 0.103. The Bertz CT molecular complexity index is 744. The number of nitrogen functional groups attached to an aromatic ring is 1. The van der Waals surface area contributed by atoms with E-state index in [1.807, 2.05) is 6.07 Å². The van der Waals surface area contributed by atoms with Crippen LogP contribution in [0.5, 0.6) is 0 Å². The van der Waals surface area contributed by atoms with Crippen molar-refractivity contribution in [3.05, 3.63) is 44.3 Å². The van der Waals surface area contributed by atoms with Crippen LogP contribution in [-0.4, -0.2) is 8.42 Å². The molecule has 0 atom stereocenters. The third-order valence-electron chi connectivity index (χ3n) is 2.68. The monoisotopic (exact) mass is 378 g/mol. The lowest BCUT2D eigenvalue weighted by Crippen LogP contribution is -2.24. The summed E-state index contributed by atoms with van der Waals surface area (Å²) >= 11 is 4.70. The number of rotatable bonds is 4. The highest BCUT2D eigenvalue weighted by molar-refractivity contribution is 9.11. The Labute approximate surface area is 129 Å². The molecular formula is C12H12BrFN2O2S2. The average Bonchev–Trinajstić information content (AvgIpc) is 2.77. The summed E-state index contributed by atoms with van der Waals surface area (Å²) in [5.41, 5.74) is 6.38. The summed E-state index contributed by atoms with van der Waals surface area (Å²) < 4.78 is 41.2. The van der Waals surface area contributed by atoms with Crippen LogP contribution < -0.4 is 10.5 Å². The van der Waals surface area contributed by atoms with E-state index in [9.17, 15) is 12.8 Å². The molecule has 0 spiro atoms. The highest BCUT2D eigenvalue weighted by atomic mass is 79.9. The standard InChI is InChI=1S/C12H12BrFN2O2S2/c1-7-4-9(14)11(5-10(7)15)20(17,18)16-6-8-2-3-12(13)19-8/h2-5,16H,6,15H2,1H3. The molecule has 4 nitrogen and oxygen atoms in total. The molecular weight excluding hydrogens is 367 g/mol.